The standard InChI is InChI=1S/C14H24N2O2/c1-4-8-16-13(12(18-3)10-15-16)14(17)7-5-6-11(2)9-14/h10-11,17H,4-9H2,1-3H3. The molecule has 2 unspecified atom stereocenters. The van der Waals surface area contributed by atoms with Gasteiger partial charge in [-0.25, -0.2) is 0 Å². The Bertz CT molecular complexity index is 402. The molecule has 1 aromatic rings. The summed E-state index contributed by atoms with van der Waals surface area (Å²) in [6.07, 6.45) is 6.61. The van der Waals surface area contributed by atoms with Gasteiger partial charge in [0, 0.05) is 6.54 Å². The lowest BCUT2D eigenvalue weighted by Gasteiger charge is -2.36. The Balaban J connectivity index is 2.37. The lowest BCUT2D eigenvalue weighted by molar-refractivity contribution is -0.0271. The van der Waals surface area contributed by atoms with Gasteiger partial charge in [-0.2, -0.15) is 5.10 Å². The highest BCUT2D eigenvalue weighted by Crippen LogP contribution is 2.43. The molecule has 102 valence electrons. The molecule has 1 saturated carbocycles. The van der Waals surface area contributed by atoms with Gasteiger partial charge in [0.1, 0.15) is 11.3 Å². The van der Waals surface area contributed by atoms with Crippen LogP contribution in [0.15, 0.2) is 6.20 Å². The van der Waals surface area contributed by atoms with E-state index < -0.39 is 5.60 Å². The molecule has 0 radical (unpaired) electrons. The van der Waals surface area contributed by atoms with E-state index in [9.17, 15) is 5.11 Å². The van der Waals surface area contributed by atoms with Crippen LogP contribution in [0.1, 0.15) is 51.6 Å². The maximum absolute atomic E-state index is 11.0. The van der Waals surface area contributed by atoms with E-state index >= 15 is 0 Å². The van der Waals surface area contributed by atoms with Crippen molar-refractivity contribution in [3.8, 4) is 5.75 Å². The van der Waals surface area contributed by atoms with Crippen LogP contribution in [0.25, 0.3) is 0 Å². The van der Waals surface area contributed by atoms with Crippen molar-refractivity contribution < 1.29 is 9.84 Å². The van der Waals surface area contributed by atoms with Crippen LogP contribution in [0.5, 0.6) is 5.75 Å². The van der Waals surface area contributed by atoms with Crippen molar-refractivity contribution in [2.24, 2.45) is 5.92 Å². The summed E-state index contributed by atoms with van der Waals surface area (Å²) in [6.45, 7) is 5.15. The second-order valence-electron chi connectivity index (χ2n) is 5.52. The summed E-state index contributed by atoms with van der Waals surface area (Å²) >= 11 is 0. The number of methoxy groups -OCH3 is 1. The third kappa shape index (κ3) is 2.39. The predicted octanol–water partition coefficient (Wildman–Crippen LogP) is 2.70. The molecule has 0 spiro atoms. The quantitative estimate of drug-likeness (QED) is 0.896. The minimum Gasteiger partial charge on any atom is -0.493 e. The van der Waals surface area contributed by atoms with Crippen molar-refractivity contribution in [1.82, 2.24) is 9.78 Å². The first-order valence-electron chi connectivity index (χ1n) is 6.93. The van der Waals surface area contributed by atoms with E-state index in [4.69, 9.17) is 4.74 Å². The molecule has 0 amide bonds. The van der Waals surface area contributed by atoms with Gasteiger partial charge in [-0.05, 0) is 31.6 Å². The summed E-state index contributed by atoms with van der Waals surface area (Å²) < 4.78 is 7.30. The number of rotatable bonds is 4. The Morgan fingerprint density at radius 1 is 1.61 bits per heavy atom. The van der Waals surface area contributed by atoms with Gasteiger partial charge in [-0.3, -0.25) is 4.68 Å². The van der Waals surface area contributed by atoms with Gasteiger partial charge in [-0.1, -0.05) is 20.3 Å². The third-order valence-electron chi connectivity index (χ3n) is 3.88. The molecule has 2 atom stereocenters. The van der Waals surface area contributed by atoms with E-state index in [1.54, 1.807) is 13.3 Å². The summed E-state index contributed by atoms with van der Waals surface area (Å²) in [5.41, 5.74) is 0.104. The Morgan fingerprint density at radius 3 is 3.00 bits per heavy atom. The average molecular weight is 252 g/mol. The van der Waals surface area contributed by atoms with Crippen LogP contribution in [0.2, 0.25) is 0 Å². The van der Waals surface area contributed by atoms with Crippen molar-refractivity contribution in [2.45, 2.75) is 58.1 Å². The number of aromatic nitrogens is 2. The molecule has 4 heteroatoms. The molecule has 1 aliphatic rings. The molecule has 0 aromatic carbocycles. The van der Waals surface area contributed by atoms with E-state index in [-0.39, 0.29) is 0 Å². The molecule has 1 heterocycles. The van der Waals surface area contributed by atoms with Crippen LogP contribution >= 0.6 is 0 Å². The van der Waals surface area contributed by atoms with Gasteiger partial charge >= 0.3 is 0 Å². The molecule has 0 saturated heterocycles. The molecular weight excluding hydrogens is 228 g/mol. The van der Waals surface area contributed by atoms with Gasteiger partial charge in [-0.15, -0.1) is 0 Å². The highest BCUT2D eigenvalue weighted by Gasteiger charge is 2.39. The number of hydrogen-bond acceptors (Lipinski definition) is 3. The number of aryl methyl sites for hydroxylation is 1. The van der Waals surface area contributed by atoms with E-state index in [0.29, 0.717) is 5.92 Å². The van der Waals surface area contributed by atoms with Crippen molar-refractivity contribution in [3.63, 3.8) is 0 Å². The maximum Gasteiger partial charge on any atom is 0.162 e. The van der Waals surface area contributed by atoms with Crippen LogP contribution < -0.4 is 4.74 Å². The summed E-state index contributed by atoms with van der Waals surface area (Å²) in [6, 6.07) is 0. The van der Waals surface area contributed by atoms with Crippen LogP contribution in [0.4, 0.5) is 0 Å². The molecule has 4 nitrogen and oxygen atoms in total. The van der Waals surface area contributed by atoms with Crippen molar-refractivity contribution >= 4 is 0 Å². The largest absolute Gasteiger partial charge is 0.493 e. The topological polar surface area (TPSA) is 47.3 Å². The third-order valence-corrected chi connectivity index (χ3v) is 3.88. The number of nitrogens with zero attached hydrogens (tertiary/aromatic N) is 2. The van der Waals surface area contributed by atoms with Crippen LogP contribution in [-0.2, 0) is 12.1 Å². The van der Waals surface area contributed by atoms with Crippen LogP contribution in [0, 0.1) is 5.92 Å². The minimum atomic E-state index is -0.769. The monoisotopic (exact) mass is 252 g/mol. The van der Waals surface area contributed by atoms with Gasteiger partial charge in [0.2, 0.25) is 0 Å². The van der Waals surface area contributed by atoms with Gasteiger partial charge in [0.15, 0.2) is 5.75 Å². The summed E-state index contributed by atoms with van der Waals surface area (Å²) in [7, 11) is 1.65. The van der Waals surface area contributed by atoms with Gasteiger partial charge in [0.25, 0.3) is 0 Å². The predicted molar refractivity (Wildman–Crippen MR) is 70.6 cm³/mol. The Kier molecular flexibility index (Phi) is 3.95. The van der Waals surface area contributed by atoms with Gasteiger partial charge in [0.05, 0.1) is 13.3 Å². The number of hydrogen-bond donors (Lipinski definition) is 1. The second-order valence-corrected chi connectivity index (χ2v) is 5.52. The highest BCUT2D eigenvalue weighted by atomic mass is 16.5. The van der Waals surface area contributed by atoms with E-state index in [2.05, 4.69) is 18.9 Å². The Morgan fingerprint density at radius 2 is 2.39 bits per heavy atom. The molecule has 0 bridgehead atoms. The zero-order valence-corrected chi connectivity index (χ0v) is 11.6. The maximum atomic E-state index is 11.0. The average Bonchev–Trinajstić information content (AvgIpc) is 2.73. The SMILES string of the molecule is CCCn1ncc(OC)c1C1(O)CCCC(C)C1. The molecule has 18 heavy (non-hydrogen) atoms. The summed E-state index contributed by atoms with van der Waals surface area (Å²) in [5, 5.41) is 15.3. The first-order valence-corrected chi connectivity index (χ1v) is 6.93. The first-order chi connectivity index (χ1) is 8.60. The molecule has 1 aliphatic carbocycles. The van der Waals surface area contributed by atoms with Crippen LogP contribution in [-0.4, -0.2) is 22.0 Å². The zero-order valence-electron chi connectivity index (χ0n) is 11.6. The zero-order chi connectivity index (χ0) is 13.2. The molecular formula is C14H24N2O2. The molecule has 1 N–H and O–H groups in total. The van der Waals surface area contributed by atoms with E-state index in [1.165, 1.54) is 6.42 Å². The van der Waals surface area contributed by atoms with Crippen molar-refractivity contribution in [1.29, 1.82) is 0 Å². The fraction of sp³-hybridized carbons (Fsp3) is 0.786. The Labute approximate surface area is 109 Å². The molecule has 0 aliphatic heterocycles. The van der Waals surface area contributed by atoms with E-state index in [0.717, 1.165) is 43.7 Å². The molecule has 1 fully saturated rings. The second kappa shape index (κ2) is 5.31. The summed E-state index contributed by atoms with van der Waals surface area (Å²) in [4.78, 5) is 0. The lowest BCUT2D eigenvalue weighted by Crippen LogP contribution is -2.34. The number of ether oxygens (including phenoxy) is 1. The van der Waals surface area contributed by atoms with E-state index in [1.807, 2.05) is 4.68 Å². The Hall–Kier alpha value is -1.03. The number of aliphatic hydroxyl groups is 1. The van der Waals surface area contributed by atoms with Gasteiger partial charge < -0.3 is 9.84 Å². The van der Waals surface area contributed by atoms with Crippen molar-refractivity contribution in [3.05, 3.63) is 11.9 Å². The molecule has 2 rings (SSSR count). The highest BCUT2D eigenvalue weighted by molar-refractivity contribution is 5.31. The van der Waals surface area contributed by atoms with Crippen molar-refractivity contribution in [2.75, 3.05) is 7.11 Å². The lowest BCUT2D eigenvalue weighted by atomic mass is 9.77. The molecule has 1 aromatic heterocycles. The first kappa shape index (κ1) is 13.4. The normalized spacial score (nSPS) is 28.3. The fourth-order valence-electron chi connectivity index (χ4n) is 3.11. The smallest absolute Gasteiger partial charge is 0.162 e. The van der Waals surface area contributed by atoms with Crippen LogP contribution in [0.3, 0.4) is 0 Å². The fourth-order valence-corrected chi connectivity index (χ4v) is 3.11. The minimum absolute atomic E-state index is 0.554. The summed E-state index contributed by atoms with van der Waals surface area (Å²) in [5.74, 6) is 1.28.